The number of rotatable bonds is 10. The van der Waals surface area contributed by atoms with Crippen molar-refractivity contribution in [2.45, 2.75) is 117 Å². The van der Waals surface area contributed by atoms with E-state index >= 15 is 4.39 Å². The topological polar surface area (TPSA) is 335 Å². The third-order valence-electron chi connectivity index (χ3n) is 14.8. The number of nitrogens with one attached hydrogen (secondary N) is 7. The SMILES string of the molecule is CC(C)(C)OC(=O)NC[C@@H]1CCCN1.CC=O.CNc1cc(F)c2c3c1[nH]c1nc(Oc4cnc(C)nc4)nc(c13)N1CCC[C@H]1CNC2.CNc1cc(F)cc2c1[nH]c1nc(Oc3cnc(C)nc3)nc(N3CCC[C@H]3CN)c12.Cc1ncc(O)cn1. The Morgan fingerprint density at radius 3 is 1.88 bits per heavy atom. The van der Waals surface area contributed by atoms with Gasteiger partial charge in [-0.1, -0.05) is 0 Å². The zero-order chi connectivity index (χ0) is 62.6. The molecule has 0 radical (unpaired) electrons. The first-order valence-corrected chi connectivity index (χ1v) is 29.2. The Labute approximate surface area is 507 Å². The fraction of sp³-hybridized carbons (Fsp3) is 0.433. The van der Waals surface area contributed by atoms with E-state index in [-0.39, 0.29) is 47.6 Å². The molecule has 11 heterocycles. The van der Waals surface area contributed by atoms with Crippen LogP contribution in [0.5, 0.6) is 29.3 Å². The van der Waals surface area contributed by atoms with Crippen LogP contribution >= 0.6 is 0 Å². The van der Waals surface area contributed by atoms with Crippen LogP contribution in [0.4, 0.5) is 36.6 Å². The van der Waals surface area contributed by atoms with E-state index in [0.717, 1.165) is 97.6 Å². The molecule has 4 aliphatic heterocycles. The highest BCUT2D eigenvalue weighted by Crippen LogP contribution is 2.43. The van der Waals surface area contributed by atoms with Crippen molar-refractivity contribution < 1.29 is 37.7 Å². The van der Waals surface area contributed by atoms with Gasteiger partial charge in [-0.15, -0.1) is 0 Å². The molecule has 0 bridgehead atoms. The van der Waals surface area contributed by atoms with Crippen molar-refractivity contribution in [1.82, 2.24) is 75.8 Å². The normalized spacial score (nSPS) is 16.8. The lowest BCUT2D eigenvalue weighted by atomic mass is 10.0. The summed E-state index contributed by atoms with van der Waals surface area (Å²) in [6.07, 6.45) is 15.9. The standard InChI is InChI=1S/C22H23FN8O.C21H23FN8O.C10H20N2O2.C5H6N2O.C2H4O/c1-11-26-8-13(9-27-11)32-22-29-20-18-17-14(15(23)6-16(24-2)19(17)28-20)10-25-7-12-4-3-5-31(12)21(18)30-22;1-11-25-9-14(10-26-11)31-21-28-19-17(20(29-21)30-5-3-4-13(30)8-23)15-6-12(22)7-16(24-2)18(15)27-19;1-10(2,3)14-9(13)12-7-8-5-4-6-11-8;1-4-6-2-5(8)3-7-4;1-2-3/h6,8-9,12,24-25H,3-5,7,10H2,1-2H3,(H,28,29,30);6-7,9-10,13,24H,3-5,8,23H2,1-2H3,(H,27,28,29);8,11H,4-7H2,1-3H3,(H,12,13);2-3,8H,1H3;2H,1H3/t12-;13-;8-;;/m000../s1. The third-order valence-corrected chi connectivity index (χ3v) is 14.8. The highest BCUT2D eigenvalue weighted by Gasteiger charge is 2.33. The minimum Gasteiger partial charge on any atom is -0.505 e. The molecule has 4 aliphatic rings. The molecule has 1 amide bonds. The fourth-order valence-corrected chi connectivity index (χ4v) is 10.8. The molecule has 0 spiro atoms. The summed E-state index contributed by atoms with van der Waals surface area (Å²) >= 11 is 0. The van der Waals surface area contributed by atoms with E-state index < -0.39 is 5.60 Å². The zero-order valence-corrected chi connectivity index (χ0v) is 50.9. The molecular weight excluding hydrogens is 1130 g/mol. The van der Waals surface area contributed by atoms with E-state index in [0.29, 0.717) is 94.1 Å². The maximum Gasteiger partial charge on any atom is 0.407 e. The molecule has 28 heteroatoms. The number of aromatic amines is 2. The van der Waals surface area contributed by atoms with Crippen LogP contribution in [0, 0.1) is 32.4 Å². The largest absolute Gasteiger partial charge is 0.505 e. The number of nitrogens with two attached hydrogens (primary N) is 1. The molecule has 0 aliphatic carbocycles. The summed E-state index contributed by atoms with van der Waals surface area (Å²) in [6, 6.07) is 5.69. The van der Waals surface area contributed by atoms with E-state index in [9.17, 15) is 9.18 Å². The van der Waals surface area contributed by atoms with Crippen LogP contribution in [0.15, 0.2) is 55.4 Å². The predicted octanol–water partition coefficient (Wildman–Crippen LogP) is 8.32. The lowest BCUT2D eigenvalue weighted by molar-refractivity contribution is -0.106. The van der Waals surface area contributed by atoms with Crippen molar-refractivity contribution >= 4 is 79.3 Å². The number of aromatic nitrogens is 12. The highest BCUT2D eigenvalue weighted by molar-refractivity contribution is 6.17. The van der Waals surface area contributed by atoms with Gasteiger partial charge in [0.05, 0.1) is 70.4 Å². The average Bonchev–Trinajstić information content (AvgIpc) is 1.68. The number of anilines is 4. The number of halogens is 2. The van der Waals surface area contributed by atoms with Gasteiger partial charge in [0.15, 0.2) is 17.2 Å². The van der Waals surface area contributed by atoms with Crippen molar-refractivity contribution in [3.8, 4) is 29.3 Å². The summed E-state index contributed by atoms with van der Waals surface area (Å²) in [7, 11) is 3.54. The van der Waals surface area contributed by atoms with Crippen molar-refractivity contribution in [2.75, 3.05) is 73.8 Å². The van der Waals surface area contributed by atoms with Crippen molar-refractivity contribution in [2.24, 2.45) is 5.73 Å². The number of alkyl carbamates (subject to hydrolysis) is 1. The van der Waals surface area contributed by atoms with Gasteiger partial charge in [-0.25, -0.2) is 43.5 Å². The average molecular weight is 1210 g/mol. The molecule has 0 saturated carbocycles. The van der Waals surface area contributed by atoms with E-state index in [1.165, 1.54) is 43.9 Å². The first-order valence-electron chi connectivity index (χ1n) is 29.2. The van der Waals surface area contributed by atoms with Crippen LogP contribution < -0.4 is 51.6 Å². The van der Waals surface area contributed by atoms with Gasteiger partial charge in [0, 0.05) is 87.8 Å². The number of H-pyrrole nitrogens is 2. The maximum atomic E-state index is 15.2. The van der Waals surface area contributed by atoms with Gasteiger partial charge in [0.1, 0.15) is 63.9 Å². The number of aromatic hydroxyl groups is 1. The molecule has 7 aromatic heterocycles. The number of carbonyl (C=O) groups excluding carboxylic acids is 2. The van der Waals surface area contributed by atoms with Crippen molar-refractivity contribution in [3.63, 3.8) is 0 Å². The number of fused-ring (bicyclic) bond motifs is 5. The summed E-state index contributed by atoms with van der Waals surface area (Å²) in [5.74, 6) is 3.84. The van der Waals surface area contributed by atoms with Gasteiger partial charge in [-0.2, -0.15) is 19.9 Å². The summed E-state index contributed by atoms with van der Waals surface area (Å²) in [4.78, 5) is 74.1. The van der Waals surface area contributed by atoms with Crippen LogP contribution in [0.25, 0.3) is 43.9 Å². The fourth-order valence-electron chi connectivity index (χ4n) is 10.8. The van der Waals surface area contributed by atoms with Crippen LogP contribution in [0.2, 0.25) is 0 Å². The Kier molecular flexibility index (Phi) is 20.5. The van der Waals surface area contributed by atoms with Gasteiger partial charge in [0.25, 0.3) is 0 Å². The molecule has 88 heavy (non-hydrogen) atoms. The lowest BCUT2D eigenvalue weighted by Gasteiger charge is -2.26. The van der Waals surface area contributed by atoms with Gasteiger partial charge in [0.2, 0.25) is 0 Å². The maximum absolute atomic E-state index is 15.2. The van der Waals surface area contributed by atoms with E-state index in [4.69, 9.17) is 39.8 Å². The van der Waals surface area contributed by atoms with Crippen molar-refractivity contribution in [3.05, 3.63) is 90.1 Å². The van der Waals surface area contributed by atoms with E-state index in [1.807, 2.05) is 27.7 Å². The quantitative estimate of drug-likeness (QED) is 0.0581. The molecule has 9 aromatic rings. The third kappa shape index (κ3) is 15.3. The number of ether oxygens (including phenoxy) is 3. The second kappa shape index (κ2) is 28.5. The summed E-state index contributed by atoms with van der Waals surface area (Å²) in [5.41, 5.74) is 10.3. The number of aldehydes is 1. The van der Waals surface area contributed by atoms with Gasteiger partial charge in [-0.3, -0.25) is 0 Å². The second-order valence-corrected chi connectivity index (χ2v) is 22.2. The summed E-state index contributed by atoms with van der Waals surface area (Å²) < 4.78 is 46.4. The number of amides is 1. The van der Waals surface area contributed by atoms with E-state index in [1.54, 1.807) is 52.7 Å². The molecule has 10 N–H and O–H groups in total. The van der Waals surface area contributed by atoms with Crippen molar-refractivity contribution in [1.29, 1.82) is 0 Å². The van der Waals surface area contributed by atoms with Crippen LogP contribution in [-0.4, -0.2) is 154 Å². The molecule has 3 saturated heterocycles. The molecule has 0 unspecified atom stereocenters. The molecule has 2 aromatic carbocycles. The Hall–Kier alpha value is -9.28. The van der Waals surface area contributed by atoms with Crippen LogP contribution in [-0.2, 0) is 16.1 Å². The number of aryl methyl sites for hydroxylation is 3. The minimum absolute atomic E-state index is 0.107. The predicted molar refractivity (Wildman–Crippen MR) is 332 cm³/mol. The highest BCUT2D eigenvalue weighted by atomic mass is 19.1. The van der Waals surface area contributed by atoms with Gasteiger partial charge in [-0.05, 0) is 112 Å². The van der Waals surface area contributed by atoms with Crippen LogP contribution in [0.3, 0.4) is 0 Å². The zero-order valence-electron chi connectivity index (χ0n) is 50.9. The number of hydrogen-bond donors (Lipinski definition) is 9. The molecule has 26 nitrogen and oxygen atoms in total. The van der Waals surface area contributed by atoms with Gasteiger partial charge < -0.3 is 76.2 Å². The number of hydrogen-bond acceptors (Lipinski definition) is 23. The van der Waals surface area contributed by atoms with Crippen LogP contribution in [0.1, 0.15) is 89.3 Å². The number of carbonyl (C=O) groups is 2. The van der Waals surface area contributed by atoms with E-state index in [2.05, 4.69) is 86.2 Å². The molecule has 13 rings (SSSR count). The Morgan fingerprint density at radius 1 is 0.750 bits per heavy atom. The first kappa shape index (κ1) is 63.2. The minimum atomic E-state index is -0.410. The summed E-state index contributed by atoms with van der Waals surface area (Å²) in [6.45, 7) is 17.5. The molecule has 3 fully saturated rings. The lowest BCUT2D eigenvalue weighted by Crippen LogP contribution is -2.39. The Bertz CT molecular complexity index is 3820. The second-order valence-electron chi connectivity index (χ2n) is 22.2. The monoisotopic (exact) mass is 1210 g/mol. The van der Waals surface area contributed by atoms with Gasteiger partial charge >= 0.3 is 18.1 Å². The number of benzene rings is 2. The number of nitrogens with zero attached hydrogens (tertiary/aromatic N) is 12. The molecule has 3 atom stereocenters. The molecular formula is C60H76F2N20O6. The smallest absolute Gasteiger partial charge is 0.407 e. The molecule has 466 valence electrons. The first-order chi connectivity index (χ1) is 42.4. The Balaban J connectivity index is 0.000000152. The Morgan fingerprint density at radius 2 is 1.31 bits per heavy atom. The summed E-state index contributed by atoms with van der Waals surface area (Å²) in [5, 5.41) is 27.4.